The van der Waals surface area contributed by atoms with Crippen molar-refractivity contribution >= 4 is 17.9 Å². The lowest BCUT2D eigenvalue weighted by Crippen LogP contribution is -2.45. The number of ether oxygens (including phenoxy) is 1. The highest BCUT2D eigenvalue weighted by molar-refractivity contribution is 5.89. The standard InChI is InChI=1S/C12H22N2O7/c1-2-3-4-5-6-19-11(17)12(18,7-9(15)20-13)8-10(16)21-14/h18H,2-8,13-14H2,1H3. The van der Waals surface area contributed by atoms with E-state index >= 15 is 0 Å². The number of esters is 1. The molecule has 0 heterocycles. The molecule has 0 amide bonds. The summed E-state index contributed by atoms with van der Waals surface area (Å²) in [4.78, 5) is 41.8. The number of unbranched alkanes of at least 4 members (excludes halogenated alkanes) is 3. The SMILES string of the molecule is CCCCCCOC(=O)C(O)(CC(=O)ON)CC(=O)ON. The van der Waals surface area contributed by atoms with Gasteiger partial charge in [-0.1, -0.05) is 26.2 Å². The van der Waals surface area contributed by atoms with Crippen molar-refractivity contribution in [3.05, 3.63) is 0 Å². The lowest BCUT2D eigenvalue weighted by Gasteiger charge is -2.23. The molecule has 0 bridgehead atoms. The first kappa shape index (κ1) is 19.3. The molecule has 0 aliphatic heterocycles. The predicted octanol–water partition coefficient (Wildman–Crippen LogP) is -0.545. The van der Waals surface area contributed by atoms with E-state index in [2.05, 4.69) is 21.5 Å². The van der Waals surface area contributed by atoms with E-state index in [0.29, 0.717) is 6.42 Å². The molecular formula is C12H22N2O7. The van der Waals surface area contributed by atoms with Gasteiger partial charge in [0.05, 0.1) is 19.4 Å². The summed E-state index contributed by atoms with van der Waals surface area (Å²) in [7, 11) is 0. The summed E-state index contributed by atoms with van der Waals surface area (Å²) in [6, 6.07) is 0. The van der Waals surface area contributed by atoms with Crippen LogP contribution in [0.15, 0.2) is 0 Å². The van der Waals surface area contributed by atoms with E-state index in [9.17, 15) is 19.5 Å². The zero-order chi connectivity index (χ0) is 16.3. The maximum atomic E-state index is 11.8. The van der Waals surface area contributed by atoms with E-state index in [1.165, 1.54) is 0 Å². The Balaban J connectivity index is 4.58. The topological polar surface area (TPSA) is 151 Å². The second-order valence-corrected chi connectivity index (χ2v) is 4.56. The molecule has 122 valence electrons. The van der Waals surface area contributed by atoms with Crippen molar-refractivity contribution in [3.8, 4) is 0 Å². The van der Waals surface area contributed by atoms with Crippen LogP contribution in [0.4, 0.5) is 0 Å². The van der Waals surface area contributed by atoms with Crippen molar-refractivity contribution in [2.45, 2.75) is 51.0 Å². The zero-order valence-electron chi connectivity index (χ0n) is 12.0. The van der Waals surface area contributed by atoms with Gasteiger partial charge >= 0.3 is 17.9 Å². The molecule has 0 rings (SSSR count). The zero-order valence-corrected chi connectivity index (χ0v) is 12.0. The number of nitrogens with two attached hydrogens (primary N) is 2. The van der Waals surface area contributed by atoms with Gasteiger partial charge in [0.2, 0.25) is 0 Å². The molecule has 5 N–H and O–H groups in total. The average molecular weight is 306 g/mol. The Morgan fingerprint density at radius 3 is 1.95 bits per heavy atom. The van der Waals surface area contributed by atoms with E-state index in [1.54, 1.807) is 0 Å². The second-order valence-electron chi connectivity index (χ2n) is 4.56. The maximum Gasteiger partial charge on any atom is 0.339 e. The Morgan fingerprint density at radius 1 is 1.00 bits per heavy atom. The van der Waals surface area contributed by atoms with Crippen LogP contribution in [0.3, 0.4) is 0 Å². The molecule has 21 heavy (non-hydrogen) atoms. The molecular weight excluding hydrogens is 284 g/mol. The molecule has 0 spiro atoms. The van der Waals surface area contributed by atoms with E-state index in [1.807, 2.05) is 6.92 Å². The van der Waals surface area contributed by atoms with Crippen molar-refractivity contribution in [2.24, 2.45) is 11.8 Å². The summed E-state index contributed by atoms with van der Waals surface area (Å²) in [5.74, 6) is 6.00. The van der Waals surface area contributed by atoms with Gasteiger partial charge in [0.15, 0.2) is 5.60 Å². The third-order valence-electron chi connectivity index (χ3n) is 2.75. The van der Waals surface area contributed by atoms with Gasteiger partial charge in [0, 0.05) is 0 Å². The number of carbonyl (C=O) groups is 3. The van der Waals surface area contributed by atoms with E-state index in [0.717, 1.165) is 19.3 Å². The van der Waals surface area contributed by atoms with Crippen molar-refractivity contribution in [2.75, 3.05) is 6.61 Å². The van der Waals surface area contributed by atoms with Gasteiger partial charge < -0.3 is 19.5 Å². The largest absolute Gasteiger partial charge is 0.464 e. The van der Waals surface area contributed by atoms with Crippen molar-refractivity contribution in [3.63, 3.8) is 0 Å². The van der Waals surface area contributed by atoms with Gasteiger partial charge in [-0.05, 0) is 6.42 Å². The molecule has 0 atom stereocenters. The summed E-state index contributed by atoms with van der Waals surface area (Å²) >= 11 is 0. The fourth-order valence-electron chi connectivity index (χ4n) is 1.60. The number of rotatable bonds is 10. The minimum absolute atomic E-state index is 0.0660. The maximum absolute atomic E-state index is 11.8. The lowest BCUT2D eigenvalue weighted by molar-refractivity contribution is -0.178. The molecule has 0 aromatic carbocycles. The first-order valence-electron chi connectivity index (χ1n) is 6.58. The third kappa shape index (κ3) is 7.59. The van der Waals surface area contributed by atoms with Gasteiger partial charge in [-0.3, -0.25) is 9.59 Å². The minimum atomic E-state index is -2.42. The van der Waals surface area contributed by atoms with E-state index in [-0.39, 0.29) is 6.61 Å². The summed E-state index contributed by atoms with van der Waals surface area (Å²) in [6.45, 7) is 2.10. The fraction of sp³-hybridized carbons (Fsp3) is 0.750. The highest BCUT2D eigenvalue weighted by Crippen LogP contribution is 2.19. The lowest BCUT2D eigenvalue weighted by atomic mass is 9.96. The molecule has 0 aliphatic carbocycles. The highest BCUT2D eigenvalue weighted by atomic mass is 16.7. The summed E-state index contributed by atoms with van der Waals surface area (Å²) in [5.41, 5.74) is -2.42. The smallest absolute Gasteiger partial charge is 0.339 e. The Hall–Kier alpha value is -1.71. The second kappa shape index (κ2) is 10.1. The Bertz CT molecular complexity index is 342. The van der Waals surface area contributed by atoms with E-state index < -0.39 is 36.4 Å². The van der Waals surface area contributed by atoms with Crippen LogP contribution in [0.5, 0.6) is 0 Å². The molecule has 0 aromatic heterocycles. The highest BCUT2D eigenvalue weighted by Gasteiger charge is 2.43. The van der Waals surface area contributed by atoms with Gasteiger partial charge in [-0.15, -0.1) is 0 Å². The summed E-state index contributed by atoms with van der Waals surface area (Å²) in [6.07, 6.45) is 1.79. The average Bonchev–Trinajstić information content (AvgIpc) is 2.46. The van der Waals surface area contributed by atoms with Gasteiger partial charge in [-0.25, -0.2) is 4.79 Å². The van der Waals surface area contributed by atoms with Crippen LogP contribution in [0.2, 0.25) is 0 Å². The summed E-state index contributed by atoms with van der Waals surface area (Å²) < 4.78 is 4.86. The Kier molecular flexibility index (Phi) is 9.26. The van der Waals surface area contributed by atoms with Crippen LogP contribution in [0, 0.1) is 0 Å². The monoisotopic (exact) mass is 306 g/mol. The van der Waals surface area contributed by atoms with Gasteiger partial charge in [0.25, 0.3) is 0 Å². The quantitative estimate of drug-likeness (QED) is 0.274. The summed E-state index contributed by atoms with van der Waals surface area (Å²) in [5, 5.41) is 10.1. The van der Waals surface area contributed by atoms with Crippen molar-refractivity contribution in [1.29, 1.82) is 0 Å². The minimum Gasteiger partial charge on any atom is -0.464 e. The van der Waals surface area contributed by atoms with Gasteiger partial charge in [-0.2, -0.15) is 11.8 Å². The van der Waals surface area contributed by atoms with Crippen LogP contribution in [0.1, 0.15) is 45.4 Å². The van der Waals surface area contributed by atoms with Crippen LogP contribution in [0.25, 0.3) is 0 Å². The molecule has 9 nitrogen and oxygen atoms in total. The molecule has 0 saturated carbocycles. The van der Waals surface area contributed by atoms with Crippen LogP contribution < -0.4 is 11.8 Å². The first-order valence-corrected chi connectivity index (χ1v) is 6.58. The van der Waals surface area contributed by atoms with Crippen LogP contribution >= 0.6 is 0 Å². The normalized spacial score (nSPS) is 10.9. The van der Waals surface area contributed by atoms with Crippen LogP contribution in [-0.4, -0.2) is 35.2 Å². The van der Waals surface area contributed by atoms with Crippen LogP contribution in [-0.2, 0) is 28.8 Å². The van der Waals surface area contributed by atoms with E-state index in [4.69, 9.17) is 4.74 Å². The molecule has 0 unspecified atom stereocenters. The fourth-order valence-corrected chi connectivity index (χ4v) is 1.60. The molecule has 0 aromatic rings. The Morgan fingerprint density at radius 2 is 1.52 bits per heavy atom. The number of hydrogen-bond acceptors (Lipinski definition) is 9. The number of carbonyl (C=O) groups excluding carboxylic acids is 3. The third-order valence-corrected chi connectivity index (χ3v) is 2.75. The number of aliphatic hydroxyl groups is 1. The van der Waals surface area contributed by atoms with Gasteiger partial charge in [0.1, 0.15) is 0 Å². The first-order chi connectivity index (χ1) is 9.89. The molecule has 0 aliphatic rings. The number of hydrogen-bond donors (Lipinski definition) is 3. The molecule has 0 radical (unpaired) electrons. The molecule has 0 fully saturated rings. The predicted molar refractivity (Wildman–Crippen MR) is 69.8 cm³/mol. The molecule has 9 heteroatoms. The molecule has 0 saturated heterocycles. The Labute approximate surface area is 122 Å². The van der Waals surface area contributed by atoms with Crippen molar-refractivity contribution < 1.29 is 33.9 Å². The van der Waals surface area contributed by atoms with Crippen molar-refractivity contribution in [1.82, 2.24) is 0 Å².